The van der Waals surface area contributed by atoms with E-state index in [-0.39, 0.29) is 17.0 Å². The molecule has 0 bridgehead atoms. The van der Waals surface area contributed by atoms with Crippen LogP contribution in [-0.4, -0.2) is 31.1 Å². The number of amides is 1. The molecule has 6 nitrogen and oxygen atoms in total. The van der Waals surface area contributed by atoms with Gasteiger partial charge in [0.25, 0.3) is 0 Å². The van der Waals surface area contributed by atoms with E-state index in [2.05, 4.69) is 19.9 Å². The molecule has 2 aromatic rings. The Bertz CT molecular complexity index is 911. The molecule has 2 N–H and O–H groups in total. The van der Waals surface area contributed by atoms with Crippen molar-refractivity contribution in [3.63, 3.8) is 0 Å². The number of esters is 2. The minimum absolute atomic E-state index is 0.269. The zero-order chi connectivity index (χ0) is 25.5. The van der Waals surface area contributed by atoms with Crippen molar-refractivity contribution in [2.75, 3.05) is 13.2 Å². The van der Waals surface area contributed by atoms with E-state index in [0.29, 0.717) is 18.8 Å². The lowest BCUT2D eigenvalue weighted by Gasteiger charge is -2.12. The van der Waals surface area contributed by atoms with Gasteiger partial charge in [0.05, 0.1) is 24.3 Å². The number of carbonyl (C=O) groups is 3. The van der Waals surface area contributed by atoms with Crippen LogP contribution in [0.3, 0.4) is 0 Å². The van der Waals surface area contributed by atoms with Gasteiger partial charge in [0.1, 0.15) is 0 Å². The maximum absolute atomic E-state index is 11.9. The molecule has 186 valence electrons. The SMILES string of the molecule is CCCCOC(=O)c1ccccc1C(=O)OCCCC.CCc1ccc(C)c(C(N)=O)c1CC. The van der Waals surface area contributed by atoms with E-state index >= 15 is 0 Å². The summed E-state index contributed by atoms with van der Waals surface area (Å²) in [5.74, 6) is -1.25. The third-order valence-corrected chi connectivity index (χ3v) is 5.43. The van der Waals surface area contributed by atoms with Crippen LogP contribution in [0.1, 0.15) is 101 Å². The molecule has 0 aliphatic heterocycles. The van der Waals surface area contributed by atoms with Gasteiger partial charge in [0.15, 0.2) is 0 Å². The Morgan fingerprint density at radius 2 is 1.26 bits per heavy atom. The maximum Gasteiger partial charge on any atom is 0.339 e. The van der Waals surface area contributed by atoms with Crippen LogP contribution in [0, 0.1) is 6.92 Å². The Morgan fingerprint density at radius 3 is 1.65 bits per heavy atom. The molecule has 0 aliphatic carbocycles. The quantitative estimate of drug-likeness (QED) is 0.330. The van der Waals surface area contributed by atoms with Crippen LogP contribution in [0.2, 0.25) is 0 Å². The first-order valence-corrected chi connectivity index (χ1v) is 12.2. The van der Waals surface area contributed by atoms with Crippen LogP contribution in [0.5, 0.6) is 0 Å². The minimum atomic E-state index is -0.471. The van der Waals surface area contributed by atoms with Gasteiger partial charge in [-0.05, 0) is 61.4 Å². The van der Waals surface area contributed by atoms with Crippen LogP contribution in [-0.2, 0) is 22.3 Å². The lowest BCUT2D eigenvalue weighted by atomic mass is 9.93. The van der Waals surface area contributed by atoms with Crippen LogP contribution in [0.25, 0.3) is 0 Å². The molecule has 0 saturated heterocycles. The van der Waals surface area contributed by atoms with Crippen molar-refractivity contribution < 1.29 is 23.9 Å². The largest absolute Gasteiger partial charge is 0.462 e. The molecule has 0 radical (unpaired) electrons. The maximum atomic E-state index is 11.9. The predicted octanol–water partition coefficient (Wildman–Crippen LogP) is 5.82. The predicted molar refractivity (Wildman–Crippen MR) is 135 cm³/mol. The molecule has 0 aromatic heterocycles. The zero-order valence-electron chi connectivity index (χ0n) is 21.2. The Labute approximate surface area is 203 Å². The third-order valence-electron chi connectivity index (χ3n) is 5.43. The highest BCUT2D eigenvalue weighted by molar-refractivity contribution is 6.03. The number of benzene rings is 2. The van der Waals surface area contributed by atoms with Crippen LogP contribution >= 0.6 is 0 Å². The van der Waals surface area contributed by atoms with E-state index < -0.39 is 11.9 Å². The number of hydrogen-bond donors (Lipinski definition) is 1. The normalized spacial score (nSPS) is 10.1. The monoisotopic (exact) mass is 469 g/mol. The van der Waals surface area contributed by atoms with E-state index in [1.807, 2.05) is 26.8 Å². The molecule has 0 heterocycles. The topological polar surface area (TPSA) is 95.7 Å². The summed E-state index contributed by atoms with van der Waals surface area (Å²) in [6.07, 6.45) is 5.35. The fraction of sp³-hybridized carbons (Fsp3) is 0.464. The molecule has 0 aliphatic rings. The lowest BCUT2D eigenvalue weighted by molar-refractivity contribution is 0.0452. The summed E-state index contributed by atoms with van der Waals surface area (Å²) in [7, 11) is 0. The number of hydrogen-bond acceptors (Lipinski definition) is 5. The number of unbranched alkanes of at least 4 members (excludes halogenated alkanes) is 2. The van der Waals surface area contributed by atoms with Crippen LogP contribution in [0.4, 0.5) is 0 Å². The number of primary amides is 1. The summed E-state index contributed by atoms with van der Waals surface area (Å²) in [6, 6.07) is 10.6. The molecule has 2 rings (SSSR count). The molecule has 0 fully saturated rings. The Hall–Kier alpha value is -3.15. The summed E-state index contributed by atoms with van der Waals surface area (Å²) in [5, 5.41) is 0. The molecule has 0 saturated carbocycles. The first kappa shape index (κ1) is 28.9. The fourth-order valence-electron chi connectivity index (χ4n) is 3.50. The van der Waals surface area contributed by atoms with Gasteiger partial charge < -0.3 is 15.2 Å². The second kappa shape index (κ2) is 15.6. The average Bonchev–Trinajstić information content (AvgIpc) is 2.84. The van der Waals surface area contributed by atoms with Crippen LogP contribution in [0.15, 0.2) is 36.4 Å². The van der Waals surface area contributed by atoms with Gasteiger partial charge >= 0.3 is 11.9 Å². The van der Waals surface area contributed by atoms with E-state index in [1.165, 1.54) is 5.56 Å². The highest BCUT2D eigenvalue weighted by Crippen LogP contribution is 2.20. The molecule has 1 amide bonds. The van der Waals surface area contributed by atoms with Crippen molar-refractivity contribution in [2.45, 2.75) is 73.1 Å². The van der Waals surface area contributed by atoms with E-state index in [1.54, 1.807) is 24.3 Å². The summed E-state index contributed by atoms with van der Waals surface area (Å²) in [4.78, 5) is 35.2. The van der Waals surface area contributed by atoms with Crippen molar-refractivity contribution in [2.24, 2.45) is 5.73 Å². The Balaban J connectivity index is 0.000000362. The number of nitrogens with two attached hydrogens (primary N) is 1. The van der Waals surface area contributed by atoms with Crippen molar-refractivity contribution in [3.8, 4) is 0 Å². The van der Waals surface area contributed by atoms with E-state index in [4.69, 9.17) is 15.2 Å². The van der Waals surface area contributed by atoms with E-state index in [0.717, 1.165) is 49.7 Å². The minimum Gasteiger partial charge on any atom is -0.462 e. The molecule has 0 spiro atoms. The standard InChI is InChI=1S/C16H22O4.C12H17NO/c1-3-5-11-19-15(17)13-9-7-8-10-14(13)16(18)20-12-6-4-2;1-4-9-7-6-8(3)11(12(13)14)10(9)5-2/h7-10H,3-6,11-12H2,1-2H3;6-7H,4-5H2,1-3H3,(H2,13,14). The van der Waals surface area contributed by atoms with Gasteiger partial charge in [-0.15, -0.1) is 0 Å². The smallest absolute Gasteiger partial charge is 0.339 e. The van der Waals surface area contributed by atoms with Gasteiger partial charge in [-0.25, -0.2) is 9.59 Å². The molecule has 6 heteroatoms. The number of ether oxygens (including phenoxy) is 2. The zero-order valence-corrected chi connectivity index (χ0v) is 21.2. The summed E-state index contributed by atoms with van der Waals surface area (Å²) < 4.78 is 10.3. The van der Waals surface area contributed by atoms with Gasteiger partial charge in [-0.3, -0.25) is 4.79 Å². The average molecular weight is 470 g/mol. The van der Waals surface area contributed by atoms with Crippen molar-refractivity contribution >= 4 is 17.8 Å². The first-order chi connectivity index (χ1) is 16.3. The third kappa shape index (κ3) is 8.65. The Morgan fingerprint density at radius 1 is 0.765 bits per heavy atom. The molecule has 2 aromatic carbocycles. The fourth-order valence-corrected chi connectivity index (χ4v) is 3.50. The number of rotatable bonds is 11. The second-order valence-corrected chi connectivity index (χ2v) is 7.99. The van der Waals surface area contributed by atoms with Crippen molar-refractivity contribution in [1.82, 2.24) is 0 Å². The molecule has 0 unspecified atom stereocenters. The molecule has 0 atom stereocenters. The van der Waals surface area contributed by atoms with Crippen molar-refractivity contribution in [1.29, 1.82) is 0 Å². The summed E-state index contributed by atoms with van der Waals surface area (Å²) in [5.41, 5.74) is 9.95. The van der Waals surface area contributed by atoms with Gasteiger partial charge in [0.2, 0.25) is 5.91 Å². The number of carbonyl (C=O) groups excluding carboxylic acids is 3. The van der Waals surface area contributed by atoms with Crippen LogP contribution < -0.4 is 5.73 Å². The second-order valence-electron chi connectivity index (χ2n) is 7.99. The van der Waals surface area contributed by atoms with Gasteiger partial charge in [-0.2, -0.15) is 0 Å². The first-order valence-electron chi connectivity index (χ1n) is 12.2. The number of aryl methyl sites for hydroxylation is 2. The van der Waals surface area contributed by atoms with E-state index in [9.17, 15) is 14.4 Å². The summed E-state index contributed by atoms with van der Waals surface area (Å²) >= 11 is 0. The van der Waals surface area contributed by atoms with Gasteiger partial charge in [0, 0.05) is 5.56 Å². The summed E-state index contributed by atoms with van der Waals surface area (Å²) in [6.45, 7) is 10.9. The highest BCUT2D eigenvalue weighted by atomic mass is 16.5. The van der Waals surface area contributed by atoms with Crippen molar-refractivity contribution in [3.05, 3.63) is 69.8 Å². The molecular weight excluding hydrogens is 430 g/mol. The molecule has 34 heavy (non-hydrogen) atoms. The Kier molecular flexibility index (Phi) is 13.3. The van der Waals surface area contributed by atoms with Gasteiger partial charge in [-0.1, -0.05) is 64.8 Å². The lowest BCUT2D eigenvalue weighted by Crippen LogP contribution is -2.16. The highest BCUT2D eigenvalue weighted by Gasteiger charge is 2.18. The molecular formula is C28H39NO5.